The maximum atomic E-state index is 12.0. The zero-order chi connectivity index (χ0) is 10.7. The van der Waals surface area contributed by atoms with Crippen LogP contribution in [0.25, 0.3) is 0 Å². The third-order valence-corrected chi connectivity index (χ3v) is 2.88. The summed E-state index contributed by atoms with van der Waals surface area (Å²) in [5, 5.41) is 12.8. The maximum absolute atomic E-state index is 12.0. The van der Waals surface area contributed by atoms with Crippen molar-refractivity contribution in [3.63, 3.8) is 0 Å². The highest BCUT2D eigenvalue weighted by atomic mass is 79.9. The van der Waals surface area contributed by atoms with Crippen molar-refractivity contribution in [1.82, 2.24) is 5.32 Å². The van der Waals surface area contributed by atoms with E-state index in [-0.39, 0.29) is 34.4 Å². The average Bonchev–Trinajstić information content (AvgIpc) is 2.30. The summed E-state index contributed by atoms with van der Waals surface area (Å²) < 4.78 is 0. The van der Waals surface area contributed by atoms with Crippen molar-refractivity contribution >= 4 is 22.8 Å². The quantitative estimate of drug-likeness (QED) is 0.819. The molecule has 88 valence electrons. The summed E-state index contributed by atoms with van der Waals surface area (Å²) in [6, 6.07) is 6.77. The third kappa shape index (κ3) is 2.83. The van der Waals surface area contributed by atoms with Crippen LogP contribution in [-0.4, -0.2) is 24.0 Å². The van der Waals surface area contributed by atoms with Crippen molar-refractivity contribution < 1.29 is 9.90 Å². The lowest BCUT2D eigenvalue weighted by Crippen LogP contribution is -2.31. The molecule has 2 rings (SSSR count). The van der Waals surface area contributed by atoms with Gasteiger partial charge in [0.2, 0.25) is 0 Å². The number of hydrogen-bond donors (Lipinski definition) is 2. The second kappa shape index (κ2) is 6.01. The molecule has 2 N–H and O–H groups in total. The van der Waals surface area contributed by atoms with Gasteiger partial charge in [0.1, 0.15) is 5.75 Å². The number of ketones is 1. The zero-order valence-corrected chi connectivity index (χ0v) is 10.7. The van der Waals surface area contributed by atoms with Crippen molar-refractivity contribution in [2.24, 2.45) is 5.92 Å². The fourth-order valence-electron chi connectivity index (χ4n) is 1.99. The van der Waals surface area contributed by atoms with E-state index < -0.39 is 0 Å². The van der Waals surface area contributed by atoms with Gasteiger partial charge in [-0.1, -0.05) is 12.1 Å². The topological polar surface area (TPSA) is 49.3 Å². The number of carbonyl (C=O) groups is 1. The van der Waals surface area contributed by atoms with Crippen molar-refractivity contribution in [3.05, 3.63) is 29.8 Å². The van der Waals surface area contributed by atoms with Crippen LogP contribution in [0.5, 0.6) is 5.75 Å². The highest BCUT2D eigenvalue weighted by molar-refractivity contribution is 8.93. The van der Waals surface area contributed by atoms with Crippen molar-refractivity contribution in [2.45, 2.75) is 12.8 Å². The highest BCUT2D eigenvalue weighted by Crippen LogP contribution is 2.23. The lowest BCUT2D eigenvalue weighted by Gasteiger charge is -2.21. The first-order chi connectivity index (χ1) is 7.29. The molecule has 1 aliphatic heterocycles. The van der Waals surface area contributed by atoms with Crippen LogP contribution < -0.4 is 5.32 Å². The Hall–Kier alpha value is -0.870. The monoisotopic (exact) mass is 285 g/mol. The van der Waals surface area contributed by atoms with Gasteiger partial charge < -0.3 is 10.4 Å². The Labute approximate surface area is 106 Å². The van der Waals surface area contributed by atoms with E-state index in [9.17, 15) is 9.90 Å². The summed E-state index contributed by atoms with van der Waals surface area (Å²) in [5.74, 6) is 0.246. The number of phenols is 1. The molecule has 1 aromatic rings. The van der Waals surface area contributed by atoms with E-state index in [1.165, 1.54) is 0 Å². The molecule has 0 aromatic heterocycles. The van der Waals surface area contributed by atoms with Crippen LogP contribution >= 0.6 is 17.0 Å². The van der Waals surface area contributed by atoms with Crippen LogP contribution in [-0.2, 0) is 0 Å². The molecule has 1 fully saturated rings. The Morgan fingerprint density at radius 1 is 1.25 bits per heavy atom. The third-order valence-electron chi connectivity index (χ3n) is 2.88. The van der Waals surface area contributed by atoms with E-state index in [0.717, 1.165) is 25.9 Å². The zero-order valence-electron chi connectivity index (χ0n) is 8.98. The van der Waals surface area contributed by atoms with Gasteiger partial charge in [-0.3, -0.25) is 4.79 Å². The van der Waals surface area contributed by atoms with E-state index in [2.05, 4.69) is 5.32 Å². The van der Waals surface area contributed by atoms with Crippen molar-refractivity contribution in [2.75, 3.05) is 13.1 Å². The van der Waals surface area contributed by atoms with Crippen molar-refractivity contribution in [1.29, 1.82) is 0 Å². The molecule has 0 bridgehead atoms. The number of rotatable bonds is 2. The number of phenolic OH excluding ortho intramolecular Hbond substituents is 1. The van der Waals surface area contributed by atoms with Gasteiger partial charge in [0.05, 0.1) is 5.56 Å². The number of nitrogens with one attached hydrogen (secondary N) is 1. The molecule has 1 heterocycles. The molecule has 4 heteroatoms. The summed E-state index contributed by atoms with van der Waals surface area (Å²) in [4.78, 5) is 12.0. The number of Topliss-reactive ketones (excluding diaryl/α,β-unsaturated/α-hetero) is 1. The van der Waals surface area contributed by atoms with Crippen LogP contribution in [0.2, 0.25) is 0 Å². The molecule has 0 radical (unpaired) electrons. The van der Waals surface area contributed by atoms with Crippen LogP contribution in [0.15, 0.2) is 24.3 Å². The molecular weight excluding hydrogens is 270 g/mol. The first kappa shape index (κ1) is 13.2. The van der Waals surface area contributed by atoms with Crippen molar-refractivity contribution in [3.8, 4) is 5.75 Å². The van der Waals surface area contributed by atoms with Gasteiger partial charge in [-0.15, -0.1) is 17.0 Å². The van der Waals surface area contributed by atoms with Gasteiger partial charge in [0, 0.05) is 5.92 Å². The minimum atomic E-state index is 0. The molecule has 16 heavy (non-hydrogen) atoms. The summed E-state index contributed by atoms with van der Waals surface area (Å²) in [6.07, 6.45) is 1.74. The Kier molecular flexibility index (Phi) is 4.96. The summed E-state index contributed by atoms with van der Waals surface area (Å²) >= 11 is 0. The molecule has 0 amide bonds. The Bertz CT molecular complexity index is 362. The predicted molar refractivity (Wildman–Crippen MR) is 68.4 cm³/mol. The average molecular weight is 286 g/mol. The molecule has 0 unspecified atom stereocenters. The van der Waals surface area contributed by atoms with Gasteiger partial charge in [0.25, 0.3) is 0 Å². The molecular formula is C12H16BrNO2. The van der Waals surface area contributed by atoms with E-state index in [1.54, 1.807) is 24.3 Å². The molecule has 1 aliphatic rings. The number of para-hydroxylation sites is 1. The van der Waals surface area contributed by atoms with E-state index in [4.69, 9.17) is 0 Å². The Balaban J connectivity index is 0.00000128. The SMILES string of the molecule is Br.O=C(c1ccccc1O)C1CCNCC1. The summed E-state index contributed by atoms with van der Waals surface area (Å²) in [7, 11) is 0. The molecule has 0 saturated carbocycles. The summed E-state index contributed by atoms with van der Waals surface area (Å²) in [6.45, 7) is 1.79. The van der Waals surface area contributed by atoms with Crippen LogP contribution in [0.4, 0.5) is 0 Å². The number of carbonyl (C=O) groups excluding carboxylic acids is 1. The smallest absolute Gasteiger partial charge is 0.169 e. The van der Waals surface area contributed by atoms with Gasteiger partial charge in [0.15, 0.2) is 5.78 Å². The predicted octanol–water partition coefficient (Wildman–Crippen LogP) is 2.15. The number of aromatic hydroxyl groups is 1. The number of hydrogen-bond acceptors (Lipinski definition) is 3. The molecule has 0 atom stereocenters. The number of piperidine rings is 1. The van der Waals surface area contributed by atoms with E-state index in [1.807, 2.05) is 0 Å². The fraction of sp³-hybridized carbons (Fsp3) is 0.417. The first-order valence-electron chi connectivity index (χ1n) is 5.32. The fourth-order valence-corrected chi connectivity index (χ4v) is 1.99. The van der Waals surface area contributed by atoms with Gasteiger partial charge in [-0.05, 0) is 38.1 Å². The lowest BCUT2D eigenvalue weighted by molar-refractivity contribution is 0.0892. The number of halogens is 1. The Morgan fingerprint density at radius 2 is 1.88 bits per heavy atom. The molecule has 1 saturated heterocycles. The second-order valence-corrected chi connectivity index (χ2v) is 3.91. The highest BCUT2D eigenvalue weighted by Gasteiger charge is 2.23. The summed E-state index contributed by atoms with van der Waals surface area (Å²) in [5.41, 5.74) is 0.462. The standard InChI is InChI=1S/C12H15NO2.BrH/c14-11-4-2-1-3-10(11)12(15)9-5-7-13-8-6-9;/h1-4,9,13-14H,5-8H2;1H. The molecule has 0 aliphatic carbocycles. The normalized spacial score (nSPS) is 16.5. The van der Waals surface area contributed by atoms with Crippen LogP contribution in [0, 0.1) is 5.92 Å². The largest absolute Gasteiger partial charge is 0.507 e. The maximum Gasteiger partial charge on any atom is 0.169 e. The van der Waals surface area contributed by atoms with Gasteiger partial charge >= 0.3 is 0 Å². The minimum Gasteiger partial charge on any atom is -0.507 e. The molecule has 0 spiro atoms. The van der Waals surface area contributed by atoms with E-state index >= 15 is 0 Å². The molecule has 1 aromatic carbocycles. The second-order valence-electron chi connectivity index (χ2n) is 3.91. The van der Waals surface area contributed by atoms with Crippen LogP contribution in [0.1, 0.15) is 23.2 Å². The molecule has 3 nitrogen and oxygen atoms in total. The minimum absolute atomic E-state index is 0. The van der Waals surface area contributed by atoms with E-state index in [0.29, 0.717) is 5.56 Å². The van der Waals surface area contributed by atoms with Gasteiger partial charge in [-0.25, -0.2) is 0 Å². The Morgan fingerprint density at radius 3 is 2.50 bits per heavy atom. The lowest BCUT2D eigenvalue weighted by atomic mass is 9.89. The number of benzene rings is 1. The van der Waals surface area contributed by atoms with Gasteiger partial charge in [-0.2, -0.15) is 0 Å². The van der Waals surface area contributed by atoms with Crippen LogP contribution in [0.3, 0.4) is 0 Å². The first-order valence-corrected chi connectivity index (χ1v) is 5.32.